The summed E-state index contributed by atoms with van der Waals surface area (Å²) in [5.74, 6) is 1.52. The number of fused-ring (bicyclic) bond motifs is 1. The van der Waals surface area contributed by atoms with Gasteiger partial charge in [0.25, 0.3) is 0 Å². The third-order valence-corrected chi connectivity index (χ3v) is 6.35. The summed E-state index contributed by atoms with van der Waals surface area (Å²) in [7, 11) is 3.90. The van der Waals surface area contributed by atoms with Gasteiger partial charge in [0.2, 0.25) is 0 Å². The van der Waals surface area contributed by atoms with Gasteiger partial charge >= 0.3 is 0 Å². The molecule has 8 heteroatoms. The van der Waals surface area contributed by atoms with E-state index in [1.54, 1.807) is 13.4 Å². The van der Waals surface area contributed by atoms with Crippen LogP contribution in [0.5, 0.6) is 0 Å². The Bertz CT molecular complexity index is 639. The fourth-order valence-corrected chi connectivity index (χ4v) is 4.78. The van der Waals surface area contributed by atoms with Gasteiger partial charge in [-0.05, 0) is 33.2 Å². The topological polar surface area (TPSA) is 74.8 Å². The molecule has 2 saturated heterocycles. The van der Waals surface area contributed by atoms with Crippen molar-refractivity contribution >= 4 is 5.82 Å². The number of ether oxygens (including phenoxy) is 2. The molecule has 3 fully saturated rings. The van der Waals surface area contributed by atoms with Gasteiger partial charge in [-0.2, -0.15) is 0 Å². The summed E-state index contributed by atoms with van der Waals surface area (Å²) in [6.45, 7) is 6.92. The molecule has 28 heavy (non-hydrogen) atoms. The Balaban J connectivity index is 1.43. The number of aromatic nitrogens is 2. The van der Waals surface area contributed by atoms with Gasteiger partial charge in [-0.25, -0.2) is 15.4 Å². The lowest BCUT2D eigenvalue weighted by Gasteiger charge is -2.35. The number of likely N-dealkylation sites (N-methyl/N-ethyl adjacent to an activating group) is 1. The summed E-state index contributed by atoms with van der Waals surface area (Å²) in [6.07, 6.45) is 5.39. The summed E-state index contributed by atoms with van der Waals surface area (Å²) in [4.78, 5) is 13.9. The molecule has 0 radical (unpaired) electrons. The largest absolute Gasteiger partial charge is 0.382 e. The van der Waals surface area contributed by atoms with Gasteiger partial charge in [0.1, 0.15) is 12.1 Å². The predicted octanol–water partition coefficient (Wildman–Crippen LogP) is 0.966. The molecule has 1 aliphatic carbocycles. The average molecular weight is 391 g/mol. The standard InChI is InChI=1S/C20H34N6O2/c1-14(12-27-3)28-15-4-5-17-16(10-15)20(24-23-17)18-11-19(22-13-21-18)26-8-6-25(2)7-9-26/h11,13-17,20,23-24H,4-10,12H2,1-3H3/t14-,15?,16?,17?,20?/m0/s1. The molecular formula is C20H34N6O2. The Morgan fingerprint density at radius 2 is 2.00 bits per heavy atom. The van der Waals surface area contributed by atoms with Crippen molar-refractivity contribution < 1.29 is 9.47 Å². The van der Waals surface area contributed by atoms with Gasteiger partial charge in [-0.1, -0.05) is 0 Å². The van der Waals surface area contributed by atoms with Crippen LogP contribution in [0.3, 0.4) is 0 Å². The van der Waals surface area contributed by atoms with Gasteiger partial charge in [-0.15, -0.1) is 0 Å². The molecule has 0 bridgehead atoms. The van der Waals surface area contributed by atoms with Crippen molar-refractivity contribution in [1.82, 2.24) is 25.7 Å². The molecule has 2 aliphatic heterocycles. The molecule has 156 valence electrons. The molecule has 4 unspecified atom stereocenters. The van der Waals surface area contributed by atoms with Crippen LogP contribution in [0.4, 0.5) is 5.82 Å². The lowest BCUT2D eigenvalue weighted by atomic mass is 9.79. The predicted molar refractivity (Wildman–Crippen MR) is 108 cm³/mol. The van der Waals surface area contributed by atoms with Gasteiger partial charge in [0, 0.05) is 51.3 Å². The molecule has 4 rings (SSSR count). The van der Waals surface area contributed by atoms with E-state index in [-0.39, 0.29) is 18.2 Å². The summed E-state index contributed by atoms with van der Waals surface area (Å²) < 4.78 is 11.5. The highest BCUT2D eigenvalue weighted by atomic mass is 16.5. The molecule has 0 spiro atoms. The molecule has 8 nitrogen and oxygen atoms in total. The van der Waals surface area contributed by atoms with Crippen LogP contribution in [0.1, 0.15) is 37.9 Å². The van der Waals surface area contributed by atoms with E-state index in [1.807, 2.05) is 0 Å². The fraction of sp³-hybridized carbons (Fsp3) is 0.800. The Labute approximate surface area is 168 Å². The van der Waals surface area contributed by atoms with E-state index in [1.165, 1.54) is 0 Å². The Hall–Kier alpha value is -1.32. The zero-order chi connectivity index (χ0) is 19.5. The third-order valence-electron chi connectivity index (χ3n) is 6.35. The lowest BCUT2D eigenvalue weighted by molar-refractivity contribution is -0.0623. The quantitative estimate of drug-likeness (QED) is 0.744. The van der Waals surface area contributed by atoms with Crippen LogP contribution in [-0.4, -0.2) is 80.1 Å². The number of nitrogens with zero attached hydrogens (tertiary/aromatic N) is 4. The van der Waals surface area contributed by atoms with Gasteiger partial charge in [0.15, 0.2) is 0 Å². The van der Waals surface area contributed by atoms with E-state index in [4.69, 9.17) is 9.47 Å². The highest BCUT2D eigenvalue weighted by Gasteiger charge is 2.42. The van der Waals surface area contributed by atoms with Crippen LogP contribution in [0, 0.1) is 5.92 Å². The molecule has 5 atom stereocenters. The SMILES string of the molecule is COC[C@H](C)OC1CCC2NNC(c3cc(N4CCN(C)CC4)ncn3)C2C1. The van der Waals surface area contributed by atoms with Crippen molar-refractivity contribution in [3.05, 3.63) is 18.1 Å². The summed E-state index contributed by atoms with van der Waals surface area (Å²) in [5.41, 5.74) is 8.08. The van der Waals surface area contributed by atoms with E-state index >= 15 is 0 Å². The fourth-order valence-electron chi connectivity index (χ4n) is 4.78. The first-order valence-corrected chi connectivity index (χ1v) is 10.5. The number of anilines is 1. The van der Waals surface area contributed by atoms with Gasteiger partial charge in [-0.3, -0.25) is 5.43 Å². The molecule has 0 aromatic carbocycles. The minimum atomic E-state index is 0.134. The smallest absolute Gasteiger partial charge is 0.132 e. The summed E-state index contributed by atoms with van der Waals surface area (Å²) >= 11 is 0. The molecule has 3 aliphatic rings. The van der Waals surface area contributed by atoms with Crippen molar-refractivity contribution in [2.75, 3.05) is 51.8 Å². The van der Waals surface area contributed by atoms with Gasteiger partial charge < -0.3 is 19.3 Å². The highest BCUT2D eigenvalue weighted by molar-refractivity contribution is 5.40. The second-order valence-electron chi connectivity index (χ2n) is 8.47. The molecular weight excluding hydrogens is 356 g/mol. The van der Waals surface area contributed by atoms with Crippen LogP contribution < -0.4 is 15.8 Å². The third kappa shape index (κ3) is 4.46. The molecule has 0 amide bonds. The van der Waals surface area contributed by atoms with Crippen LogP contribution in [0.25, 0.3) is 0 Å². The summed E-state index contributed by atoms with van der Waals surface area (Å²) in [6, 6.07) is 2.85. The van der Waals surface area contributed by atoms with Crippen molar-refractivity contribution in [3.63, 3.8) is 0 Å². The Morgan fingerprint density at radius 3 is 2.79 bits per heavy atom. The Morgan fingerprint density at radius 1 is 1.18 bits per heavy atom. The molecule has 1 aromatic heterocycles. The maximum absolute atomic E-state index is 6.23. The molecule has 3 heterocycles. The minimum Gasteiger partial charge on any atom is -0.382 e. The normalized spacial score (nSPS) is 32.3. The first-order valence-electron chi connectivity index (χ1n) is 10.5. The van der Waals surface area contributed by atoms with Crippen LogP contribution in [-0.2, 0) is 9.47 Å². The number of methoxy groups -OCH3 is 1. The van der Waals surface area contributed by atoms with Crippen LogP contribution in [0.15, 0.2) is 12.4 Å². The Kier molecular flexibility index (Phi) is 6.42. The van der Waals surface area contributed by atoms with Crippen molar-refractivity contribution in [2.24, 2.45) is 5.92 Å². The lowest BCUT2D eigenvalue weighted by Crippen LogP contribution is -2.44. The number of nitrogens with one attached hydrogen (secondary N) is 2. The average Bonchev–Trinajstić information content (AvgIpc) is 3.12. The molecule has 1 saturated carbocycles. The monoisotopic (exact) mass is 390 g/mol. The van der Waals surface area contributed by atoms with Crippen molar-refractivity contribution in [3.8, 4) is 0 Å². The number of hydrogen-bond acceptors (Lipinski definition) is 8. The highest BCUT2D eigenvalue weighted by Crippen LogP contribution is 2.39. The number of hydrazine groups is 1. The van der Waals surface area contributed by atoms with Crippen molar-refractivity contribution in [1.29, 1.82) is 0 Å². The van der Waals surface area contributed by atoms with E-state index in [0.29, 0.717) is 18.6 Å². The summed E-state index contributed by atoms with van der Waals surface area (Å²) in [5, 5.41) is 0. The second-order valence-corrected chi connectivity index (χ2v) is 8.47. The molecule has 1 aromatic rings. The number of rotatable bonds is 6. The minimum absolute atomic E-state index is 0.134. The number of piperazine rings is 1. The van der Waals surface area contributed by atoms with E-state index in [2.05, 4.69) is 50.7 Å². The maximum Gasteiger partial charge on any atom is 0.132 e. The first-order chi connectivity index (χ1) is 13.6. The first kappa shape index (κ1) is 20.0. The van der Waals surface area contributed by atoms with E-state index < -0.39 is 0 Å². The zero-order valence-corrected chi connectivity index (χ0v) is 17.3. The maximum atomic E-state index is 6.23. The van der Waals surface area contributed by atoms with Gasteiger partial charge in [0.05, 0.1) is 30.6 Å². The van der Waals surface area contributed by atoms with Crippen LogP contribution in [0.2, 0.25) is 0 Å². The van der Waals surface area contributed by atoms with E-state index in [0.717, 1.165) is 57.0 Å². The molecule has 2 N–H and O–H groups in total. The zero-order valence-electron chi connectivity index (χ0n) is 17.3. The van der Waals surface area contributed by atoms with Crippen molar-refractivity contribution in [2.45, 2.75) is 50.5 Å². The second kappa shape index (κ2) is 9.00. The van der Waals surface area contributed by atoms with E-state index in [9.17, 15) is 0 Å². The van der Waals surface area contributed by atoms with Crippen LogP contribution >= 0.6 is 0 Å². The number of hydrogen-bond donors (Lipinski definition) is 2.